The molecule has 3 heteroatoms. The van der Waals surface area contributed by atoms with Crippen molar-refractivity contribution in [1.29, 1.82) is 0 Å². The van der Waals surface area contributed by atoms with Gasteiger partial charge in [-0.15, -0.1) is 0 Å². The first-order chi connectivity index (χ1) is 6.84. The standard InChI is InChI=1S/C12H18O3/c1-11(2)7-5-8(10(14)15-4)12(11,3)6-9(7)13/h7-8H,5-6H2,1-4H3/t7-,8+,12-/m1/s1. The van der Waals surface area contributed by atoms with E-state index in [9.17, 15) is 9.59 Å². The van der Waals surface area contributed by atoms with E-state index in [0.717, 1.165) is 0 Å². The van der Waals surface area contributed by atoms with Crippen LogP contribution < -0.4 is 0 Å². The quantitative estimate of drug-likeness (QED) is 0.620. The van der Waals surface area contributed by atoms with Gasteiger partial charge in [0.15, 0.2) is 0 Å². The fraction of sp³-hybridized carbons (Fsp3) is 0.833. The summed E-state index contributed by atoms with van der Waals surface area (Å²) in [6.45, 7) is 6.26. The minimum Gasteiger partial charge on any atom is -0.469 e. The lowest BCUT2D eigenvalue weighted by atomic mass is 9.67. The van der Waals surface area contributed by atoms with E-state index >= 15 is 0 Å². The van der Waals surface area contributed by atoms with E-state index in [1.807, 2.05) is 0 Å². The Labute approximate surface area is 90.2 Å². The highest BCUT2D eigenvalue weighted by Gasteiger charge is 2.67. The first-order valence-electron chi connectivity index (χ1n) is 5.45. The largest absolute Gasteiger partial charge is 0.469 e. The first-order valence-corrected chi connectivity index (χ1v) is 5.45. The molecule has 0 amide bonds. The Bertz CT molecular complexity index is 332. The molecular formula is C12H18O3. The Morgan fingerprint density at radius 1 is 1.40 bits per heavy atom. The van der Waals surface area contributed by atoms with Gasteiger partial charge in [-0.3, -0.25) is 9.59 Å². The van der Waals surface area contributed by atoms with Crippen LogP contribution in [0.2, 0.25) is 0 Å². The third kappa shape index (κ3) is 1.06. The summed E-state index contributed by atoms with van der Waals surface area (Å²) in [6, 6.07) is 0. The Hall–Kier alpha value is -0.860. The van der Waals surface area contributed by atoms with E-state index < -0.39 is 0 Å². The molecule has 0 radical (unpaired) electrons. The van der Waals surface area contributed by atoms with Crippen LogP contribution in [0.25, 0.3) is 0 Å². The molecule has 15 heavy (non-hydrogen) atoms. The predicted octanol–water partition coefficient (Wildman–Crippen LogP) is 1.80. The fourth-order valence-corrected chi connectivity index (χ4v) is 3.51. The van der Waals surface area contributed by atoms with Crippen LogP contribution >= 0.6 is 0 Å². The summed E-state index contributed by atoms with van der Waals surface area (Å²) in [7, 11) is 1.42. The molecule has 0 aromatic carbocycles. The van der Waals surface area contributed by atoms with Crippen molar-refractivity contribution in [3.05, 3.63) is 0 Å². The van der Waals surface area contributed by atoms with Gasteiger partial charge in [0, 0.05) is 12.3 Å². The average Bonchev–Trinajstić information content (AvgIpc) is 2.44. The second kappa shape index (κ2) is 2.83. The van der Waals surface area contributed by atoms with E-state index in [-0.39, 0.29) is 28.6 Å². The number of methoxy groups -OCH3 is 1. The molecule has 2 rings (SSSR count). The van der Waals surface area contributed by atoms with E-state index in [1.54, 1.807) is 0 Å². The van der Waals surface area contributed by atoms with Gasteiger partial charge in [-0.25, -0.2) is 0 Å². The second-order valence-corrected chi connectivity index (χ2v) is 5.65. The maximum atomic E-state index is 11.8. The number of Topliss-reactive ketones (excluding diaryl/α,β-unsaturated/α-hetero) is 1. The maximum Gasteiger partial charge on any atom is 0.309 e. The molecule has 2 aliphatic carbocycles. The van der Waals surface area contributed by atoms with Gasteiger partial charge in [-0.1, -0.05) is 20.8 Å². The Balaban J connectivity index is 2.39. The number of esters is 1. The van der Waals surface area contributed by atoms with Crippen LogP contribution in [0.4, 0.5) is 0 Å². The van der Waals surface area contributed by atoms with Crippen molar-refractivity contribution >= 4 is 11.8 Å². The molecule has 0 heterocycles. The van der Waals surface area contributed by atoms with Crippen molar-refractivity contribution in [2.45, 2.75) is 33.6 Å². The highest BCUT2D eigenvalue weighted by atomic mass is 16.5. The van der Waals surface area contributed by atoms with Gasteiger partial charge >= 0.3 is 5.97 Å². The van der Waals surface area contributed by atoms with E-state index in [1.165, 1.54) is 7.11 Å². The maximum absolute atomic E-state index is 11.8. The summed E-state index contributed by atoms with van der Waals surface area (Å²) >= 11 is 0. The van der Waals surface area contributed by atoms with Crippen molar-refractivity contribution in [3.63, 3.8) is 0 Å². The van der Waals surface area contributed by atoms with Gasteiger partial charge in [-0.05, 0) is 17.3 Å². The lowest BCUT2D eigenvalue weighted by molar-refractivity contribution is -0.151. The van der Waals surface area contributed by atoms with Gasteiger partial charge < -0.3 is 4.74 Å². The lowest BCUT2D eigenvalue weighted by Gasteiger charge is -2.36. The molecule has 2 aliphatic rings. The molecule has 0 aliphatic heterocycles. The molecule has 84 valence electrons. The van der Waals surface area contributed by atoms with E-state index in [2.05, 4.69) is 20.8 Å². The topological polar surface area (TPSA) is 43.4 Å². The normalized spacial score (nSPS) is 42.0. The summed E-state index contributed by atoms with van der Waals surface area (Å²) in [5, 5.41) is 0. The molecule has 0 spiro atoms. The van der Waals surface area contributed by atoms with Gasteiger partial charge in [0.05, 0.1) is 13.0 Å². The summed E-state index contributed by atoms with van der Waals surface area (Å²) < 4.78 is 4.83. The third-order valence-corrected chi connectivity index (χ3v) is 5.00. The van der Waals surface area contributed by atoms with Gasteiger partial charge in [0.1, 0.15) is 5.78 Å². The van der Waals surface area contributed by atoms with Crippen molar-refractivity contribution in [1.82, 2.24) is 0 Å². The number of fused-ring (bicyclic) bond motifs is 2. The zero-order chi connectivity index (χ0) is 11.4. The minimum atomic E-state index is -0.207. The number of ether oxygens (including phenoxy) is 1. The molecule has 0 N–H and O–H groups in total. The average molecular weight is 210 g/mol. The third-order valence-electron chi connectivity index (χ3n) is 5.00. The summed E-state index contributed by atoms with van der Waals surface area (Å²) in [6.07, 6.45) is 1.21. The van der Waals surface area contributed by atoms with Gasteiger partial charge in [-0.2, -0.15) is 0 Å². The van der Waals surface area contributed by atoms with Crippen molar-refractivity contribution in [2.24, 2.45) is 22.7 Å². The molecule has 0 aromatic heterocycles. The molecule has 0 unspecified atom stereocenters. The summed E-state index contributed by atoms with van der Waals surface area (Å²) in [5.74, 6) is 0.120. The van der Waals surface area contributed by atoms with Crippen LogP contribution in [0.5, 0.6) is 0 Å². The SMILES string of the molecule is COC(=O)[C@@H]1C[C@@H]2C(=O)C[C@@]1(C)C2(C)C. The molecule has 3 nitrogen and oxygen atoms in total. The van der Waals surface area contributed by atoms with Crippen LogP contribution in [0, 0.1) is 22.7 Å². The molecule has 2 saturated carbocycles. The Morgan fingerprint density at radius 2 is 2.00 bits per heavy atom. The van der Waals surface area contributed by atoms with Crippen LogP contribution in [0.15, 0.2) is 0 Å². The van der Waals surface area contributed by atoms with Crippen LogP contribution in [0.1, 0.15) is 33.6 Å². The van der Waals surface area contributed by atoms with Crippen molar-refractivity contribution < 1.29 is 14.3 Å². The monoisotopic (exact) mass is 210 g/mol. The summed E-state index contributed by atoms with van der Waals surface area (Å²) in [4.78, 5) is 23.4. The number of hydrogen-bond acceptors (Lipinski definition) is 3. The second-order valence-electron chi connectivity index (χ2n) is 5.65. The number of carbonyl (C=O) groups excluding carboxylic acids is 2. The highest BCUT2D eigenvalue weighted by molar-refractivity contribution is 5.90. The van der Waals surface area contributed by atoms with Crippen molar-refractivity contribution in [3.8, 4) is 0 Å². The molecule has 3 atom stereocenters. The lowest BCUT2D eigenvalue weighted by Crippen LogP contribution is -2.37. The van der Waals surface area contributed by atoms with Crippen LogP contribution in [-0.4, -0.2) is 18.9 Å². The first kappa shape index (κ1) is 10.7. The molecule has 2 fully saturated rings. The van der Waals surface area contributed by atoms with E-state index in [0.29, 0.717) is 18.6 Å². The van der Waals surface area contributed by atoms with Gasteiger partial charge in [0.25, 0.3) is 0 Å². The van der Waals surface area contributed by atoms with Gasteiger partial charge in [0.2, 0.25) is 0 Å². The zero-order valence-electron chi connectivity index (χ0n) is 9.79. The molecular weight excluding hydrogens is 192 g/mol. The Kier molecular flexibility index (Phi) is 2.01. The minimum absolute atomic E-state index is 0.0478. The highest BCUT2D eigenvalue weighted by Crippen LogP contribution is 2.66. The summed E-state index contributed by atoms with van der Waals surface area (Å²) in [5.41, 5.74) is -0.273. The van der Waals surface area contributed by atoms with Crippen LogP contribution in [0.3, 0.4) is 0 Å². The molecule has 0 aromatic rings. The number of ketones is 1. The number of hydrogen-bond donors (Lipinski definition) is 0. The molecule has 2 bridgehead atoms. The Morgan fingerprint density at radius 3 is 2.33 bits per heavy atom. The smallest absolute Gasteiger partial charge is 0.309 e. The van der Waals surface area contributed by atoms with E-state index in [4.69, 9.17) is 4.74 Å². The number of carbonyl (C=O) groups is 2. The van der Waals surface area contributed by atoms with Crippen LogP contribution in [-0.2, 0) is 14.3 Å². The zero-order valence-corrected chi connectivity index (χ0v) is 9.79. The fourth-order valence-electron chi connectivity index (χ4n) is 3.51. The number of rotatable bonds is 1. The predicted molar refractivity (Wildman–Crippen MR) is 55.1 cm³/mol. The molecule has 0 saturated heterocycles. The van der Waals surface area contributed by atoms with Crippen molar-refractivity contribution in [2.75, 3.05) is 7.11 Å².